The summed E-state index contributed by atoms with van der Waals surface area (Å²) >= 11 is 0. The van der Waals surface area contributed by atoms with E-state index < -0.39 is 11.0 Å². The summed E-state index contributed by atoms with van der Waals surface area (Å²) in [6.07, 6.45) is -0.961. The van der Waals surface area contributed by atoms with Gasteiger partial charge in [-0.3, -0.25) is 10.1 Å². The Balaban J connectivity index is 1.80. The second kappa shape index (κ2) is 5.72. The van der Waals surface area contributed by atoms with E-state index in [0.717, 1.165) is 16.4 Å². The van der Waals surface area contributed by atoms with Gasteiger partial charge in [-0.1, -0.05) is 42.5 Å². The molecule has 0 aliphatic carbocycles. The summed E-state index contributed by atoms with van der Waals surface area (Å²) in [4.78, 5) is 10.7. The lowest BCUT2D eigenvalue weighted by molar-refractivity contribution is -0.385. The van der Waals surface area contributed by atoms with E-state index in [9.17, 15) is 15.2 Å². The van der Waals surface area contributed by atoms with E-state index in [-0.39, 0.29) is 5.69 Å². The molecule has 0 saturated carbocycles. The number of nitro groups is 1. The van der Waals surface area contributed by atoms with Crippen LogP contribution in [0.15, 0.2) is 65.1 Å². The lowest BCUT2D eigenvalue weighted by Crippen LogP contribution is -2.01. The van der Waals surface area contributed by atoms with E-state index in [4.69, 9.17) is 4.42 Å². The highest BCUT2D eigenvalue weighted by atomic mass is 16.6. The fourth-order valence-corrected chi connectivity index (χ4v) is 3.10. The summed E-state index contributed by atoms with van der Waals surface area (Å²) in [5.41, 5.74) is 3.14. The van der Waals surface area contributed by atoms with Crippen molar-refractivity contribution in [2.24, 2.45) is 0 Å². The molecule has 5 heteroatoms. The molecule has 0 amide bonds. The van der Waals surface area contributed by atoms with Crippen LogP contribution in [-0.2, 0) is 0 Å². The summed E-state index contributed by atoms with van der Waals surface area (Å²) in [7, 11) is 0. The Morgan fingerprint density at radius 3 is 2.44 bits per heavy atom. The van der Waals surface area contributed by atoms with Crippen LogP contribution in [0, 0.1) is 17.0 Å². The van der Waals surface area contributed by atoms with Crippen LogP contribution in [0.2, 0.25) is 0 Å². The fourth-order valence-electron chi connectivity index (χ4n) is 3.10. The minimum atomic E-state index is -0.961. The smallest absolute Gasteiger partial charge is 0.272 e. The molecule has 1 N–H and O–H groups in total. The molecule has 0 fully saturated rings. The predicted molar refractivity (Wildman–Crippen MR) is 95.6 cm³/mol. The van der Waals surface area contributed by atoms with Crippen molar-refractivity contribution in [3.8, 4) is 0 Å². The molecule has 3 aromatic carbocycles. The number of furan rings is 1. The molecule has 0 saturated heterocycles. The maximum absolute atomic E-state index is 11.1. The molecule has 0 bridgehead atoms. The number of rotatable bonds is 3. The molecule has 1 unspecified atom stereocenters. The zero-order chi connectivity index (χ0) is 17.6. The molecular weight excluding hydrogens is 318 g/mol. The number of aliphatic hydroxyl groups excluding tert-OH is 1. The van der Waals surface area contributed by atoms with Crippen molar-refractivity contribution in [2.45, 2.75) is 13.0 Å². The van der Waals surface area contributed by atoms with E-state index in [1.54, 1.807) is 25.1 Å². The molecule has 4 rings (SSSR count). The highest BCUT2D eigenvalue weighted by Crippen LogP contribution is 2.33. The van der Waals surface area contributed by atoms with Gasteiger partial charge in [-0.2, -0.15) is 0 Å². The van der Waals surface area contributed by atoms with Crippen molar-refractivity contribution < 1.29 is 14.4 Å². The molecular formula is C20H15NO4. The standard InChI is InChI=1S/C20H15NO4/c1-12-6-7-13(10-17(12)21(23)24)20(22)14-8-9-16-15-4-2-3-5-18(15)25-19(16)11-14/h2-11,20,22H,1H3. The lowest BCUT2D eigenvalue weighted by atomic mass is 9.98. The number of hydrogen-bond acceptors (Lipinski definition) is 4. The van der Waals surface area contributed by atoms with Gasteiger partial charge in [0.25, 0.3) is 5.69 Å². The van der Waals surface area contributed by atoms with Gasteiger partial charge in [0.1, 0.15) is 17.3 Å². The largest absolute Gasteiger partial charge is 0.456 e. The zero-order valence-electron chi connectivity index (χ0n) is 13.5. The first-order valence-corrected chi connectivity index (χ1v) is 7.89. The SMILES string of the molecule is Cc1ccc(C(O)c2ccc3c(c2)oc2ccccc23)cc1[N+](=O)[O-]. The van der Waals surface area contributed by atoms with Crippen molar-refractivity contribution in [2.75, 3.05) is 0 Å². The number of hydrogen-bond donors (Lipinski definition) is 1. The molecule has 0 aliphatic heterocycles. The summed E-state index contributed by atoms with van der Waals surface area (Å²) in [6, 6.07) is 18.0. The topological polar surface area (TPSA) is 76.5 Å². The molecule has 5 nitrogen and oxygen atoms in total. The first-order chi connectivity index (χ1) is 12.0. The van der Waals surface area contributed by atoms with Gasteiger partial charge < -0.3 is 9.52 Å². The Morgan fingerprint density at radius 2 is 1.64 bits per heavy atom. The van der Waals surface area contributed by atoms with Crippen LogP contribution < -0.4 is 0 Å². The quantitative estimate of drug-likeness (QED) is 0.428. The maximum atomic E-state index is 11.1. The first-order valence-electron chi connectivity index (χ1n) is 7.89. The molecule has 1 aromatic heterocycles. The second-order valence-electron chi connectivity index (χ2n) is 6.06. The van der Waals surface area contributed by atoms with E-state index in [0.29, 0.717) is 22.3 Å². The molecule has 1 heterocycles. The number of benzene rings is 3. The minimum Gasteiger partial charge on any atom is -0.456 e. The lowest BCUT2D eigenvalue weighted by Gasteiger charge is -2.12. The van der Waals surface area contributed by atoms with Crippen molar-refractivity contribution in [3.63, 3.8) is 0 Å². The molecule has 0 radical (unpaired) electrons. The zero-order valence-corrected chi connectivity index (χ0v) is 13.5. The Hall–Kier alpha value is -3.18. The van der Waals surface area contributed by atoms with Gasteiger partial charge in [0.15, 0.2) is 0 Å². The summed E-state index contributed by atoms with van der Waals surface area (Å²) in [5.74, 6) is 0. The Labute approximate surface area is 143 Å². The number of aryl methyl sites for hydroxylation is 1. The molecule has 0 spiro atoms. The third-order valence-electron chi connectivity index (χ3n) is 4.46. The van der Waals surface area contributed by atoms with Crippen LogP contribution in [0.25, 0.3) is 21.9 Å². The second-order valence-corrected chi connectivity index (χ2v) is 6.06. The van der Waals surface area contributed by atoms with E-state index in [1.807, 2.05) is 36.4 Å². The van der Waals surface area contributed by atoms with Crippen LogP contribution >= 0.6 is 0 Å². The number of fused-ring (bicyclic) bond motifs is 3. The van der Waals surface area contributed by atoms with Crippen LogP contribution in [0.1, 0.15) is 22.8 Å². The number of aliphatic hydroxyl groups is 1. The predicted octanol–water partition coefficient (Wildman–Crippen LogP) is 4.88. The Morgan fingerprint density at radius 1 is 0.960 bits per heavy atom. The highest BCUT2D eigenvalue weighted by molar-refractivity contribution is 6.04. The fraction of sp³-hybridized carbons (Fsp3) is 0.100. The molecule has 4 aromatic rings. The van der Waals surface area contributed by atoms with Gasteiger partial charge in [0.2, 0.25) is 0 Å². The monoisotopic (exact) mass is 333 g/mol. The Kier molecular flexibility index (Phi) is 3.51. The molecule has 0 aliphatic rings. The van der Waals surface area contributed by atoms with Crippen LogP contribution in [0.4, 0.5) is 5.69 Å². The third-order valence-corrected chi connectivity index (χ3v) is 4.46. The van der Waals surface area contributed by atoms with Gasteiger partial charge in [-0.25, -0.2) is 0 Å². The van der Waals surface area contributed by atoms with Gasteiger partial charge in [0.05, 0.1) is 4.92 Å². The highest BCUT2D eigenvalue weighted by Gasteiger charge is 2.18. The van der Waals surface area contributed by atoms with Crippen molar-refractivity contribution in [1.29, 1.82) is 0 Å². The van der Waals surface area contributed by atoms with Gasteiger partial charge in [0, 0.05) is 22.4 Å². The Bertz CT molecular complexity index is 1110. The van der Waals surface area contributed by atoms with E-state index >= 15 is 0 Å². The number of nitrogens with zero attached hydrogens (tertiary/aromatic N) is 1. The van der Waals surface area contributed by atoms with Gasteiger partial charge in [-0.15, -0.1) is 0 Å². The van der Waals surface area contributed by atoms with Gasteiger partial charge >= 0.3 is 0 Å². The average molecular weight is 333 g/mol. The van der Waals surface area contributed by atoms with Crippen LogP contribution in [0.3, 0.4) is 0 Å². The molecule has 1 atom stereocenters. The van der Waals surface area contributed by atoms with Crippen molar-refractivity contribution in [1.82, 2.24) is 0 Å². The van der Waals surface area contributed by atoms with Gasteiger partial charge in [-0.05, 0) is 30.2 Å². The maximum Gasteiger partial charge on any atom is 0.272 e. The van der Waals surface area contributed by atoms with Crippen LogP contribution in [-0.4, -0.2) is 10.0 Å². The normalized spacial score (nSPS) is 12.6. The van der Waals surface area contributed by atoms with E-state index in [1.165, 1.54) is 6.07 Å². The summed E-state index contributed by atoms with van der Waals surface area (Å²) in [6.45, 7) is 1.68. The minimum absolute atomic E-state index is 0.00126. The summed E-state index contributed by atoms with van der Waals surface area (Å²) < 4.78 is 5.84. The third kappa shape index (κ3) is 2.55. The van der Waals surface area contributed by atoms with Crippen LogP contribution in [0.5, 0.6) is 0 Å². The average Bonchev–Trinajstić information content (AvgIpc) is 2.99. The van der Waals surface area contributed by atoms with Crippen molar-refractivity contribution >= 4 is 27.6 Å². The number of nitro benzene ring substituents is 1. The summed E-state index contributed by atoms with van der Waals surface area (Å²) in [5, 5.41) is 23.8. The first kappa shape index (κ1) is 15.4. The van der Waals surface area contributed by atoms with Crippen molar-refractivity contribution in [3.05, 3.63) is 87.5 Å². The molecule has 25 heavy (non-hydrogen) atoms. The molecule has 124 valence electrons. The van der Waals surface area contributed by atoms with E-state index in [2.05, 4.69) is 0 Å². The number of para-hydroxylation sites is 1.